The lowest BCUT2D eigenvalue weighted by molar-refractivity contribution is 0.100. The minimum Gasteiger partial charge on any atom is -0.471 e. The number of nitrogens with two attached hydrogens (primary N) is 1. The van der Waals surface area contributed by atoms with Crippen LogP contribution in [0.15, 0.2) is 66.9 Å². The number of primary amides is 1. The molecule has 2 aromatic carbocycles. The van der Waals surface area contributed by atoms with Crippen molar-refractivity contribution in [3.8, 4) is 16.9 Å². The summed E-state index contributed by atoms with van der Waals surface area (Å²) in [4.78, 5) is 29.7. The summed E-state index contributed by atoms with van der Waals surface area (Å²) < 4.78 is 34.5. The number of benzene rings is 2. The maximum absolute atomic E-state index is 13.7. The number of alkyl halides is 2. The molecular formula is C27H20ClF2N5O3S. The van der Waals surface area contributed by atoms with Gasteiger partial charge in [-0.2, -0.15) is 5.10 Å². The number of nitrogens with one attached hydrogen (secondary N) is 1. The predicted molar refractivity (Wildman–Crippen MR) is 146 cm³/mol. The number of hydrogen-bond acceptors (Lipinski definition) is 6. The van der Waals surface area contributed by atoms with E-state index in [1.165, 1.54) is 16.8 Å². The van der Waals surface area contributed by atoms with Crippen molar-refractivity contribution in [2.24, 2.45) is 5.73 Å². The number of thiophene rings is 1. The smallest absolute Gasteiger partial charge is 0.280 e. The molecule has 0 aliphatic carbocycles. The lowest BCUT2D eigenvalue weighted by atomic mass is 10.0. The molecule has 0 saturated carbocycles. The Morgan fingerprint density at radius 1 is 1.15 bits per heavy atom. The molecule has 0 bridgehead atoms. The number of carbonyl (C=O) groups excluding carboxylic acids is 2. The monoisotopic (exact) mass is 567 g/mol. The zero-order valence-corrected chi connectivity index (χ0v) is 21.9. The maximum Gasteiger partial charge on any atom is 0.280 e. The molecule has 5 rings (SSSR count). The number of aryl methyl sites for hydroxylation is 1. The molecule has 0 fully saturated rings. The van der Waals surface area contributed by atoms with Crippen LogP contribution in [0.2, 0.25) is 5.02 Å². The van der Waals surface area contributed by atoms with Gasteiger partial charge in [-0.25, -0.2) is 18.4 Å². The van der Waals surface area contributed by atoms with Gasteiger partial charge in [-0.15, -0.1) is 11.3 Å². The molecule has 0 unspecified atom stereocenters. The van der Waals surface area contributed by atoms with E-state index >= 15 is 0 Å². The fourth-order valence-electron chi connectivity index (χ4n) is 4.01. The zero-order valence-electron chi connectivity index (χ0n) is 20.3. The van der Waals surface area contributed by atoms with E-state index in [9.17, 15) is 18.4 Å². The first-order valence-electron chi connectivity index (χ1n) is 11.6. The summed E-state index contributed by atoms with van der Waals surface area (Å²) in [7, 11) is 0. The molecule has 198 valence electrons. The number of fused-ring (bicyclic) bond motifs is 1. The van der Waals surface area contributed by atoms with Gasteiger partial charge in [0.1, 0.15) is 21.2 Å². The number of pyridine rings is 1. The molecule has 12 heteroatoms. The van der Waals surface area contributed by atoms with Crippen LogP contribution >= 0.6 is 22.9 Å². The van der Waals surface area contributed by atoms with Gasteiger partial charge >= 0.3 is 0 Å². The van der Waals surface area contributed by atoms with Crippen molar-refractivity contribution in [3.63, 3.8) is 0 Å². The Hall–Kier alpha value is -4.35. The largest absolute Gasteiger partial charge is 0.471 e. The van der Waals surface area contributed by atoms with Gasteiger partial charge in [0.05, 0.1) is 5.69 Å². The minimum atomic E-state index is -2.84. The molecule has 0 aliphatic heterocycles. The van der Waals surface area contributed by atoms with Crippen LogP contribution in [0.3, 0.4) is 0 Å². The van der Waals surface area contributed by atoms with Gasteiger partial charge in [0.2, 0.25) is 0 Å². The first kappa shape index (κ1) is 26.3. The third kappa shape index (κ3) is 5.45. The SMILES string of the molecule is Cc1cc(Cl)ccc1OCn1ccc(C(=O)Nc2c(C(N)=O)sc3nc(C(F)F)cc(-c4ccccc4)c23)n1. The van der Waals surface area contributed by atoms with E-state index in [2.05, 4.69) is 15.4 Å². The fourth-order valence-corrected chi connectivity index (χ4v) is 5.25. The number of carbonyl (C=O) groups is 2. The molecular weight excluding hydrogens is 548 g/mol. The van der Waals surface area contributed by atoms with Crippen LogP contribution in [0.1, 0.15) is 37.8 Å². The number of ether oxygens (including phenoxy) is 1. The predicted octanol–water partition coefficient (Wildman–Crippen LogP) is 6.45. The van der Waals surface area contributed by atoms with Crippen molar-refractivity contribution < 1.29 is 23.1 Å². The Morgan fingerprint density at radius 2 is 1.92 bits per heavy atom. The summed E-state index contributed by atoms with van der Waals surface area (Å²) in [6, 6.07) is 16.7. The number of amides is 2. The number of anilines is 1. The average Bonchev–Trinajstić information content (AvgIpc) is 3.53. The Kier molecular flexibility index (Phi) is 7.27. The molecule has 3 heterocycles. The van der Waals surface area contributed by atoms with Crippen molar-refractivity contribution in [1.82, 2.24) is 14.8 Å². The highest BCUT2D eigenvalue weighted by molar-refractivity contribution is 7.21. The summed E-state index contributed by atoms with van der Waals surface area (Å²) in [5, 5.41) is 7.88. The van der Waals surface area contributed by atoms with Gasteiger partial charge in [0.15, 0.2) is 12.4 Å². The van der Waals surface area contributed by atoms with Crippen molar-refractivity contribution >= 4 is 50.7 Å². The molecule has 0 atom stereocenters. The van der Waals surface area contributed by atoms with Crippen LogP contribution in [0.4, 0.5) is 14.5 Å². The minimum absolute atomic E-state index is 0.0181. The highest BCUT2D eigenvalue weighted by Gasteiger charge is 2.25. The molecule has 39 heavy (non-hydrogen) atoms. The molecule has 8 nitrogen and oxygen atoms in total. The van der Waals surface area contributed by atoms with Crippen molar-refractivity contribution in [3.05, 3.63) is 93.7 Å². The standard InChI is InChI=1S/C27H20ClF2N5O3S/c1-14-11-16(28)7-8-20(14)38-13-35-10-9-18(34-35)26(37)33-22-21-17(15-5-3-2-4-6-15)12-19(24(29)30)32-27(21)39-23(22)25(31)36/h2-12,24H,13H2,1H3,(H2,31,36)(H,33,37). The second-order valence-electron chi connectivity index (χ2n) is 8.49. The van der Waals surface area contributed by atoms with Crippen molar-refractivity contribution in [1.29, 1.82) is 0 Å². The Morgan fingerprint density at radius 3 is 2.62 bits per heavy atom. The third-order valence-electron chi connectivity index (χ3n) is 5.82. The molecule has 0 radical (unpaired) electrons. The summed E-state index contributed by atoms with van der Waals surface area (Å²) >= 11 is 6.81. The number of halogens is 3. The van der Waals surface area contributed by atoms with Crippen LogP contribution in [0, 0.1) is 6.92 Å². The first-order chi connectivity index (χ1) is 18.7. The van der Waals surface area contributed by atoms with Gasteiger partial charge in [-0.3, -0.25) is 9.59 Å². The summed E-state index contributed by atoms with van der Waals surface area (Å²) in [5.74, 6) is -0.848. The third-order valence-corrected chi connectivity index (χ3v) is 7.15. The van der Waals surface area contributed by atoms with Crippen molar-refractivity contribution in [2.75, 3.05) is 5.32 Å². The van der Waals surface area contributed by atoms with E-state index in [1.54, 1.807) is 54.7 Å². The lowest BCUT2D eigenvalue weighted by Gasteiger charge is -2.11. The maximum atomic E-state index is 13.7. The second kappa shape index (κ2) is 10.8. The lowest BCUT2D eigenvalue weighted by Crippen LogP contribution is -2.18. The molecule has 0 aliphatic rings. The van der Waals surface area contributed by atoms with E-state index in [-0.39, 0.29) is 27.8 Å². The van der Waals surface area contributed by atoms with Crippen molar-refractivity contribution in [2.45, 2.75) is 20.1 Å². The second-order valence-corrected chi connectivity index (χ2v) is 9.93. The van der Waals surface area contributed by atoms with E-state index in [0.717, 1.165) is 16.9 Å². The van der Waals surface area contributed by atoms with Crippen LogP contribution in [0.5, 0.6) is 5.75 Å². The topological polar surface area (TPSA) is 112 Å². The zero-order chi connectivity index (χ0) is 27.7. The average molecular weight is 568 g/mol. The summed E-state index contributed by atoms with van der Waals surface area (Å²) in [5.41, 5.74) is 7.10. The van der Waals surface area contributed by atoms with Crippen LogP contribution in [-0.2, 0) is 6.73 Å². The van der Waals surface area contributed by atoms with E-state index in [1.807, 2.05) is 6.92 Å². The highest BCUT2D eigenvalue weighted by Crippen LogP contribution is 2.42. The summed E-state index contributed by atoms with van der Waals surface area (Å²) in [6.45, 7) is 1.88. The number of aromatic nitrogens is 3. The van der Waals surface area contributed by atoms with E-state index < -0.39 is 23.9 Å². The van der Waals surface area contributed by atoms with Gasteiger partial charge in [-0.05, 0) is 53.9 Å². The first-order valence-corrected chi connectivity index (χ1v) is 12.7. The quantitative estimate of drug-likeness (QED) is 0.224. The number of nitrogens with zero attached hydrogens (tertiary/aromatic N) is 3. The van der Waals surface area contributed by atoms with E-state index in [0.29, 0.717) is 27.3 Å². The Balaban J connectivity index is 1.48. The molecule has 0 saturated heterocycles. The normalized spacial score (nSPS) is 11.2. The Bertz CT molecular complexity index is 1700. The Labute approximate surface area is 230 Å². The van der Waals surface area contributed by atoms with E-state index in [4.69, 9.17) is 22.1 Å². The van der Waals surface area contributed by atoms with Crippen LogP contribution in [-0.4, -0.2) is 26.6 Å². The molecule has 2 amide bonds. The fraction of sp³-hybridized carbons (Fsp3) is 0.111. The molecule has 3 aromatic heterocycles. The van der Waals surface area contributed by atoms with Crippen LogP contribution < -0.4 is 15.8 Å². The number of hydrogen-bond donors (Lipinski definition) is 2. The van der Waals surface area contributed by atoms with Gasteiger partial charge in [-0.1, -0.05) is 41.9 Å². The van der Waals surface area contributed by atoms with Gasteiger partial charge in [0.25, 0.3) is 18.2 Å². The molecule has 3 N–H and O–H groups in total. The molecule has 0 spiro atoms. The number of rotatable bonds is 8. The van der Waals surface area contributed by atoms with Crippen LogP contribution in [0.25, 0.3) is 21.3 Å². The molecule has 5 aromatic rings. The summed E-state index contributed by atoms with van der Waals surface area (Å²) in [6.07, 6.45) is -1.27. The highest BCUT2D eigenvalue weighted by atomic mass is 35.5. The van der Waals surface area contributed by atoms with Gasteiger partial charge < -0.3 is 15.8 Å². The van der Waals surface area contributed by atoms with Gasteiger partial charge in [0, 0.05) is 16.6 Å².